The SMILES string of the molecule is Nc1nc(-c2ccccc2)c(-c2ccc3ncccc3c2)nc1OCC1CCC(N)CC1. The van der Waals surface area contributed by atoms with Crippen molar-refractivity contribution in [2.75, 3.05) is 12.3 Å². The van der Waals surface area contributed by atoms with Gasteiger partial charge in [-0.25, -0.2) is 9.97 Å². The van der Waals surface area contributed by atoms with Crippen LogP contribution in [0.2, 0.25) is 0 Å². The number of pyridine rings is 1. The molecule has 0 atom stereocenters. The molecule has 0 bridgehead atoms. The van der Waals surface area contributed by atoms with Crippen molar-refractivity contribution in [2.24, 2.45) is 11.7 Å². The number of nitrogen functional groups attached to an aromatic ring is 1. The van der Waals surface area contributed by atoms with Crippen LogP contribution in [0.15, 0.2) is 66.9 Å². The number of benzene rings is 2. The molecule has 162 valence electrons. The number of anilines is 1. The number of fused-ring (bicyclic) bond motifs is 1. The maximum atomic E-state index is 6.31. The van der Waals surface area contributed by atoms with Crippen LogP contribution < -0.4 is 16.2 Å². The molecule has 0 unspecified atom stereocenters. The van der Waals surface area contributed by atoms with Crippen molar-refractivity contribution < 1.29 is 4.74 Å². The number of nitrogens with two attached hydrogens (primary N) is 2. The van der Waals surface area contributed by atoms with Gasteiger partial charge < -0.3 is 16.2 Å². The Bertz CT molecular complexity index is 1220. The number of hydrogen-bond donors (Lipinski definition) is 2. The zero-order chi connectivity index (χ0) is 21.9. The lowest BCUT2D eigenvalue weighted by molar-refractivity contribution is 0.196. The van der Waals surface area contributed by atoms with E-state index in [1.54, 1.807) is 6.20 Å². The summed E-state index contributed by atoms with van der Waals surface area (Å²) in [6, 6.07) is 20.4. The predicted molar refractivity (Wildman–Crippen MR) is 128 cm³/mol. The zero-order valence-electron chi connectivity index (χ0n) is 17.9. The molecule has 32 heavy (non-hydrogen) atoms. The van der Waals surface area contributed by atoms with Crippen LogP contribution in [0.5, 0.6) is 5.88 Å². The van der Waals surface area contributed by atoms with Gasteiger partial charge in [-0.1, -0.05) is 42.5 Å². The van der Waals surface area contributed by atoms with Gasteiger partial charge >= 0.3 is 0 Å². The molecule has 0 aliphatic heterocycles. The largest absolute Gasteiger partial charge is 0.475 e. The van der Waals surface area contributed by atoms with E-state index in [1.807, 2.05) is 54.6 Å². The van der Waals surface area contributed by atoms with Crippen molar-refractivity contribution in [3.8, 4) is 28.4 Å². The second-order valence-electron chi connectivity index (χ2n) is 8.48. The van der Waals surface area contributed by atoms with Crippen LogP contribution in [-0.4, -0.2) is 27.6 Å². The lowest BCUT2D eigenvalue weighted by Crippen LogP contribution is -2.29. The third-order valence-corrected chi connectivity index (χ3v) is 6.16. The van der Waals surface area contributed by atoms with Gasteiger partial charge in [0.1, 0.15) is 5.69 Å². The van der Waals surface area contributed by atoms with Crippen LogP contribution in [-0.2, 0) is 0 Å². The quantitative estimate of drug-likeness (QED) is 0.475. The van der Waals surface area contributed by atoms with E-state index in [9.17, 15) is 0 Å². The number of aromatic nitrogens is 3. The van der Waals surface area contributed by atoms with Crippen LogP contribution >= 0.6 is 0 Å². The van der Waals surface area contributed by atoms with Gasteiger partial charge in [0.05, 0.1) is 17.8 Å². The fourth-order valence-corrected chi connectivity index (χ4v) is 4.31. The third kappa shape index (κ3) is 4.27. The first-order valence-electron chi connectivity index (χ1n) is 11.1. The van der Waals surface area contributed by atoms with Gasteiger partial charge in [-0.15, -0.1) is 0 Å². The van der Waals surface area contributed by atoms with Gasteiger partial charge in [0.15, 0.2) is 5.82 Å². The summed E-state index contributed by atoms with van der Waals surface area (Å²) in [4.78, 5) is 14.0. The Labute approximate surface area is 187 Å². The molecule has 0 amide bonds. The molecule has 0 saturated heterocycles. The van der Waals surface area contributed by atoms with Crippen LogP contribution in [0.1, 0.15) is 25.7 Å². The Morgan fingerprint density at radius 2 is 1.62 bits per heavy atom. The molecule has 2 aromatic heterocycles. The van der Waals surface area contributed by atoms with Crippen LogP contribution in [0.3, 0.4) is 0 Å². The molecule has 1 fully saturated rings. The van der Waals surface area contributed by atoms with Crippen molar-refractivity contribution >= 4 is 16.7 Å². The fraction of sp³-hybridized carbons (Fsp3) is 0.269. The average molecular weight is 426 g/mol. The molecule has 0 radical (unpaired) electrons. The van der Waals surface area contributed by atoms with E-state index in [0.717, 1.165) is 59.1 Å². The van der Waals surface area contributed by atoms with Crippen molar-refractivity contribution in [3.05, 3.63) is 66.9 Å². The highest BCUT2D eigenvalue weighted by Crippen LogP contribution is 2.34. The van der Waals surface area contributed by atoms with Crippen molar-refractivity contribution in [1.82, 2.24) is 15.0 Å². The summed E-state index contributed by atoms with van der Waals surface area (Å²) in [5, 5.41) is 1.05. The minimum atomic E-state index is 0.308. The number of rotatable bonds is 5. The number of hydrogen-bond acceptors (Lipinski definition) is 6. The van der Waals surface area contributed by atoms with Crippen molar-refractivity contribution in [1.29, 1.82) is 0 Å². The highest BCUT2D eigenvalue weighted by molar-refractivity contribution is 5.87. The molecule has 4 aromatic rings. The van der Waals surface area contributed by atoms with Crippen LogP contribution in [0, 0.1) is 5.92 Å². The maximum Gasteiger partial charge on any atom is 0.257 e. The summed E-state index contributed by atoms with van der Waals surface area (Å²) in [7, 11) is 0. The Morgan fingerprint density at radius 3 is 2.44 bits per heavy atom. The lowest BCUT2D eigenvalue weighted by atomic mass is 9.87. The van der Waals surface area contributed by atoms with E-state index in [0.29, 0.717) is 30.3 Å². The fourth-order valence-electron chi connectivity index (χ4n) is 4.31. The highest BCUT2D eigenvalue weighted by Gasteiger charge is 2.21. The van der Waals surface area contributed by atoms with Crippen molar-refractivity contribution in [3.63, 3.8) is 0 Å². The molecule has 4 N–H and O–H groups in total. The molecular formula is C26H27N5O. The van der Waals surface area contributed by atoms with E-state index >= 15 is 0 Å². The minimum absolute atomic E-state index is 0.308. The first kappa shape index (κ1) is 20.4. The van der Waals surface area contributed by atoms with E-state index in [1.165, 1.54) is 0 Å². The second-order valence-corrected chi connectivity index (χ2v) is 8.48. The predicted octanol–water partition coefficient (Wildman–Crippen LogP) is 4.84. The summed E-state index contributed by atoms with van der Waals surface area (Å²) >= 11 is 0. The van der Waals surface area contributed by atoms with Gasteiger partial charge in [0, 0.05) is 28.8 Å². The Balaban J connectivity index is 1.53. The van der Waals surface area contributed by atoms with Gasteiger partial charge in [-0.05, 0) is 49.8 Å². The molecule has 5 rings (SSSR count). The smallest absolute Gasteiger partial charge is 0.257 e. The molecule has 2 aromatic carbocycles. The van der Waals surface area contributed by atoms with Gasteiger partial charge in [-0.3, -0.25) is 4.98 Å². The first-order valence-corrected chi connectivity index (χ1v) is 11.1. The summed E-state index contributed by atoms with van der Waals surface area (Å²) in [5.41, 5.74) is 16.7. The molecule has 1 aliphatic carbocycles. The molecule has 2 heterocycles. The van der Waals surface area contributed by atoms with Crippen LogP contribution in [0.25, 0.3) is 33.4 Å². The molecule has 1 saturated carbocycles. The first-order chi connectivity index (χ1) is 15.7. The normalized spacial score (nSPS) is 18.5. The van der Waals surface area contributed by atoms with E-state index in [-0.39, 0.29) is 0 Å². The molecular weight excluding hydrogens is 398 g/mol. The van der Waals surface area contributed by atoms with Crippen molar-refractivity contribution in [2.45, 2.75) is 31.7 Å². The molecule has 1 aliphatic rings. The topological polar surface area (TPSA) is 99.9 Å². The monoisotopic (exact) mass is 425 g/mol. The summed E-state index contributed by atoms with van der Waals surface area (Å²) in [6.07, 6.45) is 6.02. The Morgan fingerprint density at radius 1 is 0.844 bits per heavy atom. The van der Waals surface area contributed by atoms with E-state index < -0.39 is 0 Å². The molecule has 6 heteroatoms. The Hall–Kier alpha value is -3.51. The van der Waals surface area contributed by atoms with Gasteiger partial charge in [-0.2, -0.15) is 0 Å². The standard InChI is InChI=1S/C26H27N5O/c27-21-11-8-17(9-12-21)16-32-26-25(28)30-23(18-5-2-1-3-6-18)24(31-26)20-10-13-22-19(15-20)7-4-14-29-22/h1-7,10,13-15,17,21H,8-9,11-12,16,27H2,(H2,28,30). The van der Waals surface area contributed by atoms with Gasteiger partial charge in [0.2, 0.25) is 0 Å². The summed E-state index contributed by atoms with van der Waals surface area (Å²) in [5.74, 6) is 1.17. The summed E-state index contributed by atoms with van der Waals surface area (Å²) in [6.45, 7) is 0.581. The number of ether oxygens (including phenoxy) is 1. The average Bonchev–Trinajstić information content (AvgIpc) is 2.84. The summed E-state index contributed by atoms with van der Waals surface area (Å²) < 4.78 is 6.10. The molecule has 0 spiro atoms. The second kappa shape index (κ2) is 8.93. The Kier molecular flexibility index (Phi) is 5.69. The highest BCUT2D eigenvalue weighted by atomic mass is 16.5. The maximum absolute atomic E-state index is 6.31. The van der Waals surface area contributed by atoms with E-state index in [4.69, 9.17) is 26.2 Å². The third-order valence-electron chi connectivity index (χ3n) is 6.16. The minimum Gasteiger partial charge on any atom is -0.475 e. The lowest BCUT2D eigenvalue weighted by Gasteiger charge is -2.26. The number of nitrogens with zero attached hydrogens (tertiary/aromatic N) is 3. The molecule has 6 nitrogen and oxygen atoms in total. The van der Waals surface area contributed by atoms with Crippen LogP contribution in [0.4, 0.5) is 5.82 Å². The zero-order valence-corrected chi connectivity index (χ0v) is 17.9. The van der Waals surface area contributed by atoms with Gasteiger partial charge in [0.25, 0.3) is 5.88 Å². The van der Waals surface area contributed by atoms with E-state index in [2.05, 4.69) is 11.1 Å².